The largest absolute Gasteiger partial charge is 0.479 e. The van der Waals surface area contributed by atoms with E-state index in [9.17, 15) is 20.2 Å². The number of rotatable bonds is 5. The van der Waals surface area contributed by atoms with E-state index in [-0.39, 0.29) is 24.0 Å². The van der Waals surface area contributed by atoms with Gasteiger partial charge in [-0.25, -0.2) is 4.57 Å². The molecule has 0 aliphatic carbocycles. The third kappa shape index (κ3) is 2.55. The van der Waals surface area contributed by atoms with Crippen molar-refractivity contribution < 1.29 is 14.6 Å². The van der Waals surface area contributed by atoms with Crippen molar-refractivity contribution in [1.82, 2.24) is 9.55 Å². The predicted octanol–water partition coefficient (Wildman–Crippen LogP) is 1.82. The summed E-state index contributed by atoms with van der Waals surface area (Å²) in [7, 11) is 1.48. The van der Waals surface area contributed by atoms with Crippen molar-refractivity contribution in [2.75, 3.05) is 0 Å². The Bertz CT molecular complexity index is 667. The first-order valence-corrected chi connectivity index (χ1v) is 5.52. The molecule has 2 aromatic rings. The molecule has 0 bridgehead atoms. The maximum Gasteiger partial charge on any atom is 0.434 e. The fourth-order valence-corrected chi connectivity index (χ4v) is 1.62. The van der Waals surface area contributed by atoms with E-state index in [1.54, 1.807) is 6.07 Å². The lowest BCUT2D eigenvalue weighted by molar-refractivity contribution is -0.396. The molecule has 0 amide bonds. The second-order valence-electron chi connectivity index (χ2n) is 3.88. The molecule has 20 heavy (non-hydrogen) atoms. The maximum absolute atomic E-state index is 10.8. The number of nitrogens with zero attached hydrogens (tertiary/aromatic N) is 4. The minimum absolute atomic E-state index is 0.0534. The zero-order valence-electron chi connectivity index (χ0n) is 10.4. The highest BCUT2D eigenvalue weighted by atomic mass is 16.6. The summed E-state index contributed by atoms with van der Waals surface area (Å²) in [5.74, 6) is -0.215. The van der Waals surface area contributed by atoms with E-state index >= 15 is 0 Å². The standard InChI is InChI=1S/C11H10N4O5/c1-13-8(6-12-11(13)15(18)19)7-20-10-5-3-2-4-9(10)14(16)17/h2-6H,7H2,1H3. The molecule has 0 spiro atoms. The third-order valence-electron chi connectivity index (χ3n) is 2.66. The van der Waals surface area contributed by atoms with Crippen LogP contribution in [0, 0.1) is 20.2 Å². The van der Waals surface area contributed by atoms with Gasteiger partial charge >= 0.3 is 11.6 Å². The molecule has 9 heteroatoms. The summed E-state index contributed by atoms with van der Waals surface area (Å²) < 4.78 is 6.59. The summed E-state index contributed by atoms with van der Waals surface area (Å²) in [5.41, 5.74) is 0.277. The first-order chi connectivity index (χ1) is 9.50. The number of aromatic nitrogens is 2. The molecule has 1 heterocycles. The molecule has 0 aliphatic rings. The molecule has 9 nitrogen and oxygen atoms in total. The van der Waals surface area contributed by atoms with Gasteiger partial charge < -0.3 is 14.9 Å². The van der Waals surface area contributed by atoms with Crippen LogP contribution in [0.3, 0.4) is 0 Å². The molecule has 0 fully saturated rings. The second-order valence-corrected chi connectivity index (χ2v) is 3.88. The van der Waals surface area contributed by atoms with Gasteiger partial charge in [0.05, 0.1) is 12.0 Å². The van der Waals surface area contributed by atoms with Crippen molar-refractivity contribution in [3.05, 3.63) is 56.4 Å². The van der Waals surface area contributed by atoms with Gasteiger partial charge in [-0.15, -0.1) is 0 Å². The fourth-order valence-electron chi connectivity index (χ4n) is 1.62. The monoisotopic (exact) mass is 278 g/mol. The van der Waals surface area contributed by atoms with Gasteiger partial charge in [-0.2, -0.15) is 0 Å². The lowest BCUT2D eigenvalue weighted by atomic mass is 10.3. The molecule has 1 aromatic heterocycles. The van der Waals surface area contributed by atoms with Crippen LogP contribution in [-0.4, -0.2) is 19.4 Å². The van der Waals surface area contributed by atoms with Crippen molar-refractivity contribution in [2.45, 2.75) is 6.61 Å². The van der Waals surface area contributed by atoms with Crippen molar-refractivity contribution in [3.63, 3.8) is 0 Å². The Balaban J connectivity index is 2.17. The van der Waals surface area contributed by atoms with Crippen molar-refractivity contribution in [1.29, 1.82) is 0 Å². The Morgan fingerprint density at radius 2 is 1.95 bits per heavy atom. The van der Waals surface area contributed by atoms with Gasteiger partial charge in [0.1, 0.15) is 12.8 Å². The number of benzene rings is 1. The quantitative estimate of drug-likeness (QED) is 0.608. The average molecular weight is 278 g/mol. The number of hydrogen-bond acceptors (Lipinski definition) is 6. The van der Waals surface area contributed by atoms with Gasteiger partial charge in [0, 0.05) is 6.07 Å². The molecule has 0 N–H and O–H groups in total. The summed E-state index contributed by atoms with van der Waals surface area (Å²) in [5, 5.41) is 21.5. The number of imidazole rings is 1. The average Bonchev–Trinajstić information content (AvgIpc) is 2.78. The van der Waals surface area contributed by atoms with E-state index in [0.29, 0.717) is 5.69 Å². The summed E-state index contributed by atoms with van der Waals surface area (Å²) in [6, 6.07) is 5.91. The van der Waals surface area contributed by atoms with E-state index in [1.165, 1.54) is 36.0 Å². The molecule has 1 aromatic carbocycles. The molecule has 0 radical (unpaired) electrons. The van der Waals surface area contributed by atoms with E-state index in [4.69, 9.17) is 4.74 Å². The van der Waals surface area contributed by atoms with Gasteiger partial charge in [0.25, 0.3) is 0 Å². The Hall–Kier alpha value is -2.97. The van der Waals surface area contributed by atoms with Crippen LogP contribution in [0.5, 0.6) is 5.75 Å². The zero-order valence-corrected chi connectivity index (χ0v) is 10.4. The maximum atomic E-state index is 10.8. The molecule has 0 saturated carbocycles. The molecule has 104 valence electrons. The van der Waals surface area contributed by atoms with Crippen LogP contribution in [0.2, 0.25) is 0 Å². The normalized spacial score (nSPS) is 10.2. The Labute approximate surface area is 112 Å². The Morgan fingerprint density at radius 3 is 2.55 bits per heavy atom. The van der Waals surface area contributed by atoms with Crippen LogP contribution in [0.25, 0.3) is 0 Å². The van der Waals surface area contributed by atoms with Crippen LogP contribution >= 0.6 is 0 Å². The number of hydrogen-bond donors (Lipinski definition) is 0. The molecule has 2 rings (SSSR count). The van der Waals surface area contributed by atoms with Crippen molar-refractivity contribution in [2.24, 2.45) is 7.05 Å². The van der Waals surface area contributed by atoms with E-state index in [0.717, 1.165) is 0 Å². The summed E-state index contributed by atoms with van der Waals surface area (Å²) in [4.78, 5) is 23.9. The number of nitro groups is 2. The number of ether oxygens (including phenoxy) is 1. The Morgan fingerprint density at radius 1 is 1.25 bits per heavy atom. The highest BCUT2D eigenvalue weighted by Crippen LogP contribution is 2.26. The smallest absolute Gasteiger partial charge is 0.434 e. The number of nitro benzene ring substituents is 1. The first-order valence-electron chi connectivity index (χ1n) is 5.52. The Kier molecular flexibility index (Phi) is 3.60. The third-order valence-corrected chi connectivity index (χ3v) is 2.66. The predicted molar refractivity (Wildman–Crippen MR) is 67.3 cm³/mol. The van der Waals surface area contributed by atoms with E-state index in [2.05, 4.69) is 4.98 Å². The lowest BCUT2D eigenvalue weighted by Crippen LogP contribution is -2.05. The summed E-state index contributed by atoms with van der Waals surface area (Å²) in [6.07, 6.45) is 1.30. The molecule has 0 saturated heterocycles. The summed E-state index contributed by atoms with van der Waals surface area (Å²) >= 11 is 0. The van der Waals surface area contributed by atoms with Crippen LogP contribution in [0.4, 0.5) is 11.6 Å². The van der Waals surface area contributed by atoms with Crippen molar-refractivity contribution in [3.8, 4) is 5.75 Å². The topological polar surface area (TPSA) is 113 Å². The van der Waals surface area contributed by atoms with E-state index < -0.39 is 9.85 Å². The van der Waals surface area contributed by atoms with Gasteiger partial charge in [0.15, 0.2) is 11.4 Å². The van der Waals surface area contributed by atoms with Crippen LogP contribution < -0.4 is 4.74 Å². The van der Waals surface area contributed by atoms with Gasteiger partial charge in [0.2, 0.25) is 0 Å². The van der Waals surface area contributed by atoms with Crippen molar-refractivity contribution >= 4 is 11.6 Å². The first kappa shape index (κ1) is 13.5. The second kappa shape index (κ2) is 5.34. The minimum atomic E-state index is -0.617. The summed E-state index contributed by atoms with van der Waals surface area (Å²) in [6.45, 7) is -0.0534. The van der Waals surface area contributed by atoms with Crippen LogP contribution in [0.1, 0.15) is 5.69 Å². The van der Waals surface area contributed by atoms with Gasteiger partial charge in [-0.3, -0.25) is 10.1 Å². The van der Waals surface area contributed by atoms with Gasteiger partial charge in [-0.1, -0.05) is 17.1 Å². The molecular formula is C11H10N4O5. The lowest BCUT2D eigenvalue weighted by Gasteiger charge is -2.05. The molecule has 0 aliphatic heterocycles. The fraction of sp³-hybridized carbons (Fsp3) is 0.182. The SMILES string of the molecule is Cn1c(COc2ccccc2[N+](=O)[O-])cnc1[N+](=O)[O-]. The molecule has 0 unspecified atom stereocenters. The minimum Gasteiger partial charge on any atom is -0.479 e. The van der Waals surface area contributed by atoms with Crippen LogP contribution in [0.15, 0.2) is 30.5 Å². The number of para-hydroxylation sites is 2. The van der Waals surface area contributed by atoms with Crippen LogP contribution in [-0.2, 0) is 13.7 Å². The van der Waals surface area contributed by atoms with Gasteiger partial charge in [-0.05, 0) is 11.0 Å². The highest BCUT2D eigenvalue weighted by molar-refractivity contribution is 5.45. The highest BCUT2D eigenvalue weighted by Gasteiger charge is 2.19. The van der Waals surface area contributed by atoms with E-state index in [1.807, 2.05) is 0 Å². The molecular weight excluding hydrogens is 268 g/mol. The molecule has 0 atom stereocenters. The zero-order chi connectivity index (χ0) is 14.7.